The molecule has 0 saturated carbocycles. The molecule has 0 unspecified atom stereocenters. The third kappa shape index (κ3) is 3.98. The molecule has 0 amide bonds. The van der Waals surface area contributed by atoms with Crippen LogP contribution in [-0.2, 0) is 6.42 Å². The van der Waals surface area contributed by atoms with Gasteiger partial charge in [0.1, 0.15) is 5.82 Å². The number of nitrogens with two attached hydrogens (primary N) is 1. The Labute approximate surface area is 132 Å². The molecule has 2 heterocycles. The van der Waals surface area contributed by atoms with Gasteiger partial charge in [-0.05, 0) is 49.2 Å². The number of pyridine rings is 1. The summed E-state index contributed by atoms with van der Waals surface area (Å²) in [5.41, 5.74) is 7.93. The Morgan fingerprint density at radius 2 is 1.73 bits per heavy atom. The molecule has 1 saturated heterocycles. The summed E-state index contributed by atoms with van der Waals surface area (Å²) in [4.78, 5) is 9.36. The number of hydrogen-bond donors (Lipinski definition) is 1. The number of aryl methyl sites for hydroxylation is 1. The second-order valence-corrected chi connectivity index (χ2v) is 5.86. The van der Waals surface area contributed by atoms with Crippen LogP contribution in [0.4, 0.5) is 11.5 Å². The first-order valence-electron chi connectivity index (χ1n) is 8.04. The Bertz CT molecular complexity index is 559. The van der Waals surface area contributed by atoms with Gasteiger partial charge in [-0.25, -0.2) is 4.98 Å². The number of aromatic nitrogens is 1. The van der Waals surface area contributed by atoms with Crippen LogP contribution < -0.4 is 10.6 Å². The number of rotatable bonds is 5. The highest BCUT2D eigenvalue weighted by Gasteiger charge is 2.17. The molecule has 116 valence electrons. The van der Waals surface area contributed by atoms with E-state index >= 15 is 0 Å². The summed E-state index contributed by atoms with van der Waals surface area (Å²) in [5.74, 6) is 1.10. The van der Waals surface area contributed by atoms with Gasteiger partial charge in [0.05, 0.1) is 0 Å². The first-order chi connectivity index (χ1) is 10.8. The molecule has 0 spiro atoms. The van der Waals surface area contributed by atoms with E-state index in [1.165, 1.54) is 18.5 Å². The van der Waals surface area contributed by atoms with Gasteiger partial charge in [0, 0.05) is 38.1 Å². The molecule has 2 N–H and O–H groups in total. The second-order valence-electron chi connectivity index (χ2n) is 5.86. The lowest BCUT2D eigenvalue weighted by molar-refractivity contribution is 0.254. The summed E-state index contributed by atoms with van der Waals surface area (Å²) in [7, 11) is 0. The highest BCUT2D eigenvalue weighted by Crippen LogP contribution is 2.13. The Kier molecular flexibility index (Phi) is 4.91. The van der Waals surface area contributed by atoms with Gasteiger partial charge in [0.25, 0.3) is 0 Å². The first-order valence-corrected chi connectivity index (χ1v) is 8.04. The van der Waals surface area contributed by atoms with Crippen molar-refractivity contribution in [1.29, 1.82) is 0 Å². The minimum Gasteiger partial charge on any atom is -0.399 e. The molecule has 1 aliphatic heterocycles. The fourth-order valence-electron chi connectivity index (χ4n) is 2.93. The van der Waals surface area contributed by atoms with Gasteiger partial charge >= 0.3 is 0 Å². The summed E-state index contributed by atoms with van der Waals surface area (Å²) in [6.45, 7) is 5.55. The van der Waals surface area contributed by atoms with Crippen molar-refractivity contribution in [2.45, 2.75) is 12.8 Å². The van der Waals surface area contributed by atoms with Gasteiger partial charge in [-0.3, -0.25) is 4.90 Å². The molecule has 0 atom stereocenters. The monoisotopic (exact) mass is 296 g/mol. The van der Waals surface area contributed by atoms with Crippen LogP contribution >= 0.6 is 0 Å². The minimum absolute atomic E-state index is 0.842. The Morgan fingerprint density at radius 3 is 2.41 bits per heavy atom. The highest BCUT2D eigenvalue weighted by atomic mass is 15.3. The molecule has 0 radical (unpaired) electrons. The molecule has 0 bridgehead atoms. The maximum absolute atomic E-state index is 5.72. The van der Waals surface area contributed by atoms with Crippen molar-refractivity contribution in [2.75, 3.05) is 43.4 Å². The van der Waals surface area contributed by atoms with Crippen LogP contribution in [0, 0.1) is 0 Å². The molecule has 1 aromatic heterocycles. The fraction of sp³-hybridized carbons (Fsp3) is 0.389. The highest BCUT2D eigenvalue weighted by molar-refractivity contribution is 5.39. The number of anilines is 2. The molecular weight excluding hydrogens is 272 g/mol. The first kappa shape index (κ1) is 14.9. The zero-order chi connectivity index (χ0) is 15.2. The van der Waals surface area contributed by atoms with Gasteiger partial charge < -0.3 is 10.6 Å². The van der Waals surface area contributed by atoms with E-state index in [-0.39, 0.29) is 0 Å². The van der Waals surface area contributed by atoms with E-state index in [1.807, 2.05) is 24.4 Å². The molecule has 1 aliphatic rings. The SMILES string of the molecule is Nc1ccc(CCCN2CCN(c3ccccn3)CC2)cc1. The molecule has 0 aliphatic carbocycles. The topological polar surface area (TPSA) is 45.4 Å². The van der Waals surface area contributed by atoms with Crippen LogP contribution in [0.1, 0.15) is 12.0 Å². The number of nitrogen functional groups attached to an aromatic ring is 1. The largest absolute Gasteiger partial charge is 0.399 e. The van der Waals surface area contributed by atoms with Crippen molar-refractivity contribution in [3.8, 4) is 0 Å². The quantitative estimate of drug-likeness (QED) is 0.861. The van der Waals surface area contributed by atoms with E-state index in [4.69, 9.17) is 5.73 Å². The van der Waals surface area contributed by atoms with E-state index in [9.17, 15) is 0 Å². The number of nitrogens with zero attached hydrogens (tertiary/aromatic N) is 3. The molecule has 3 rings (SSSR count). The zero-order valence-electron chi connectivity index (χ0n) is 13.0. The summed E-state index contributed by atoms with van der Waals surface area (Å²) in [6, 6.07) is 14.4. The van der Waals surface area contributed by atoms with Gasteiger partial charge in [0.2, 0.25) is 0 Å². The lowest BCUT2D eigenvalue weighted by atomic mass is 10.1. The van der Waals surface area contributed by atoms with Crippen LogP contribution in [0.25, 0.3) is 0 Å². The number of piperazine rings is 1. The third-order valence-electron chi connectivity index (χ3n) is 4.27. The van der Waals surface area contributed by atoms with Crippen molar-refractivity contribution < 1.29 is 0 Å². The van der Waals surface area contributed by atoms with Crippen molar-refractivity contribution in [2.24, 2.45) is 0 Å². The fourth-order valence-corrected chi connectivity index (χ4v) is 2.93. The van der Waals surface area contributed by atoms with Crippen LogP contribution in [-0.4, -0.2) is 42.6 Å². The Balaban J connectivity index is 1.40. The smallest absolute Gasteiger partial charge is 0.128 e. The normalized spacial score (nSPS) is 15.9. The standard InChI is InChI=1S/C18H24N4/c19-17-8-6-16(7-9-17)4-3-11-21-12-14-22(15-13-21)18-5-1-2-10-20-18/h1-2,5-10H,3-4,11-15,19H2. The molecule has 1 fully saturated rings. The van der Waals surface area contributed by atoms with E-state index in [0.717, 1.165) is 44.1 Å². The lowest BCUT2D eigenvalue weighted by Crippen LogP contribution is -2.46. The van der Waals surface area contributed by atoms with E-state index < -0.39 is 0 Å². The minimum atomic E-state index is 0.842. The van der Waals surface area contributed by atoms with Crippen molar-refractivity contribution in [1.82, 2.24) is 9.88 Å². The van der Waals surface area contributed by atoms with E-state index in [0.29, 0.717) is 0 Å². The van der Waals surface area contributed by atoms with Crippen LogP contribution in [0.3, 0.4) is 0 Å². The van der Waals surface area contributed by atoms with E-state index in [1.54, 1.807) is 0 Å². The zero-order valence-corrected chi connectivity index (χ0v) is 13.0. The summed E-state index contributed by atoms with van der Waals surface area (Å²) >= 11 is 0. The van der Waals surface area contributed by atoms with Crippen molar-refractivity contribution in [3.05, 3.63) is 54.2 Å². The molecule has 4 nitrogen and oxygen atoms in total. The van der Waals surface area contributed by atoms with Crippen molar-refractivity contribution >= 4 is 11.5 Å². The average Bonchev–Trinajstić information content (AvgIpc) is 2.58. The molecular formula is C18H24N4. The summed E-state index contributed by atoms with van der Waals surface area (Å²) in [5, 5.41) is 0. The predicted octanol–water partition coefficient (Wildman–Crippen LogP) is 2.42. The van der Waals surface area contributed by atoms with Crippen molar-refractivity contribution in [3.63, 3.8) is 0 Å². The predicted molar refractivity (Wildman–Crippen MR) is 92.1 cm³/mol. The summed E-state index contributed by atoms with van der Waals surface area (Å²) in [6.07, 6.45) is 4.20. The third-order valence-corrected chi connectivity index (χ3v) is 4.27. The lowest BCUT2D eigenvalue weighted by Gasteiger charge is -2.35. The van der Waals surface area contributed by atoms with Crippen LogP contribution in [0.2, 0.25) is 0 Å². The van der Waals surface area contributed by atoms with Gasteiger partial charge in [-0.1, -0.05) is 18.2 Å². The Morgan fingerprint density at radius 1 is 0.955 bits per heavy atom. The van der Waals surface area contributed by atoms with Gasteiger partial charge in [0.15, 0.2) is 0 Å². The van der Waals surface area contributed by atoms with E-state index in [2.05, 4.69) is 39.0 Å². The summed E-state index contributed by atoms with van der Waals surface area (Å²) < 4.78 is 0. The molecule has 1 aromatic carbocycles. The Hall–Kier alpha value is -2.07. The molecule has 2 aromatic rings. The molecule has 22 heavy (non-hydrogen) atoms. The number of benzene rings is 1. The van der Waals surface area contributed by atoms with Crippen LogP contribution in [0.15, 0.2) is 48.7 Å². The maximum Gasteiger partial charge on any atom is 0.128 e. The number of hydrogen-bond acceptors (Lipinski definition) is 4. The molecule has 4 heteroatoms. The van der Waals surface area contributed by atoms with Gasteiger partial charge in [-0.2, -0.15) is 0 Å². The average molecular weight is 296 g/mol. The van der Waals surface area contributed by atoms with Gasteiger partial charge in [-0.15, -0.1) is 0 Å². The maximum atomic E-state index is 5.72. The second kappa shape index (κ2) is 7.27. The van der Waals surface area contributed by atoms with Crippen LogP contribution in [0.5, 0.6) is 0 Å².